The number of nitrogens with zero attached hydrogens (tertiary/aromatic N) is 4. The van der Waals surface area contributed by atoms with Crippen molar-refractivity contribution in [2.24, 2.45) is 0 Å². The lowest BCUT2D eigenvalue weighted by atomic mass is 9.93. The maximum atomic E-state index is 4.29. The predicted octanol–water partition coefficient (Wildman–Crippen LogP) is 1.65. The minimum atomic E-state index is 0.559. The molecule has 1 aromatic heterocycles. The van der Waals surface area contributed by atoms with E-state index in [2.05, 4.69) is 25.5 Å². The maximum Gasteiger partial charge on any atom is 0.154 e. The van der Waals surface area contributed by atoms with Crippen molar-refractivity contribution in [3.05, 3.63) is 5.82 Å². The maximum absolute atomic E-state index is 4.29. The van der Waals surface area contributed by atoms with Gasteiger partial charge < -0.3 is 5.32 Å². The molecule has 3 rings (SSSR count). The molecule has 1 aromatic rings. The summed E-state index contributed by atoms with van der Waals surface area (Å²) in [7, 11) is 0. The van der Waals surface area contributed by atoms with Crippen LogP contribution in [0.3, 0.4) is 0 Å². The van der Waals surface area contributed by atoms with Crippen molar-refractivity contribution in [1.29, 1.82) is 0 Å². The van der Waals surface area contributed by atoms with E-state index in [0.717, 1.165) is 18.9 Å². The highest BCUT2D eigenvalue weighted by molar-refractivity contribution is 4.98. The summed E-state index contributed by atoms with van der Waals surface area (Å²) in [5.41, 5.74) is 0. The molecular weight excluding hydrogens is 214 g/mol. The number of rotatable bonds is 2. The SMILES string of the molecule is C1CCC(n2nnnc2C2CCNCC2)CC1. The Hall–Kier alpha value is -0.970. The molecule has 1 N–H and O–H groups in total. The Morgan fingerprint density at radius 3 is 2.53 bits per heavy atom. The number of aromatic nitrogens is 4. The third-order valence-corrected chi connectivity index (χ3v) is 4.14. The summed E-state index contributed by atoms with van der Waals surface area (Å²) >= 11 is 0. The quantitative estimate of drug-likeness (QED) is 0.846. The largest absolute Gasteiger partial charge is 0.317 e. The summed E-state index contributed by atoms with van der Waals surface area (Å²) in [6.07, 6.45) is 8.89. The van der Waals surface area contributed by atoms with Gasteiger partial charge in [-0.1, -0.05) is 19.3 Å². The number of tetrazole rings is 1. The van der Waals surface area contributed by atoms with Crippen LogP contribution in [0.5, 0.6) is 0 Å². The van der Waals surface area contributed by atoms with Gasteiger partial charge in [0.2, 0.25) is 0 Å². The zero-order chi connectivity index (χ0) is 11.5. The molecular formula is C12H21N5. The van der Waals surface area contributed by atoms with Crippen molar-refractivity contribution < 1.29 is 0 Å². The predicted molar refractivity (Wildman–Crippen MR) is 64.8 cm³/mol. The normalized spacial score (nSPS) is 24.0. The van der Waals surface area contributed by atoms with Gasteiger partial charge in [0.1, 0.15) is 0 Å². The minimum absolute atomic E-state index is 0.559. The van der Waals surface area contributed by atoms with Crippen molar-refractivity contribution in [1.82, 2.24) is 25.5 Å². The smallest absolute Gasteiger partial charge is 0.154 e. The second-order valence-electron chi connectivity index (χ2n) is 5.30. The van der Waals surface area contributed by atoms with Crippen LogP contribution in [-0.2, 0) is 0 Å². The molecule has 2 heterocycles. The van der Waals surface area contributed by atoms with Crippen LogP contribution in [0.2, 0.25) is 0 Å². The van der Waals surface area contributed by atoms with E-state index < -0.39 is 0 Å². The van der Waals surface area contributed by atoms with E-state index in [-0.39, 0.29) is 0 Å². The lowest BCUT2D eigenvalue weighted by molar-refractivity contribution is 0.304. The molecule has 1 saturated heterocycles. The highest BCUT2D eigenvalue weighted by atomic mass is 15.6. The van der Waals surface area contributed by atoms with Crippen molar-refractivity contribution in [3.8, 4) is 0 Å². The fourth-order valence-electron chi connectivity index (χ4n) is 3.14. The summed E-state index contributed by atoms with van der Waals surface area (Å²) in [5.74, 6) is 1.70. The van der Waals surface area contributed by atoms with E-state index in [1.54, 1.807) is 0 Å². The van der Waals surface area contributed by atoms with Gasteiger partial charge >= 0.3 is 0 Å². The third-order valence-electron chi connectivity index (χ3n) is 4.14. The first-order chi connectivity index (χ1) is 8.45. The van der Waals surface area contributed by atoms with Crippen LogP contribution in [0.4, 0.5) is 0 Å². The summed E-state index contributed by atoms with van der Waals surface area (Å²) in [6, 6.07) is 0.559. The zero-order valence-corrected chi connectivity index (χ0v) is 10.3. The number of piperidine rings is 1. The fraction of sp³-hybridized carbons (Fsp3) is 0.917. The number of nitrogens with one attached hydrogen (secondary N) is 1. The summed E-state index contributed by atoms with van der Waals surface area (Å²) in [6.45, 7) is 2.20. The van der Waals surface area contributed by atoms with Crippen LogP contribution in [-0.4, -0.2) is 33.3 Å². The van der Waals surface area contributed by atoms with Crippen molar-refractivity contribution in [3.63, 3.8) is 0 Å². The Morgan fingerprint density at radius 2 is 1.76 bits per heavy atom. The van der Waals surface area contributed by atoms with Crippen LogP contribution in [0, 0.1) is 0 Å². The average molecular weight is 235 g/mol. The van der Waals surface area contributed by atoms with Gasteiger partial charge in [0.25, 0.3) is 0 Å². The Balaban J connectivity index is 1.77. The van der Waals surface area contributed by atoms with Gasteiger partial charge in [0.15, 0.2) is 5.82 Å². The van der Waals surface area contributed by atoms with Crippen molar-refractivity contribution in [2.45, 2.75) is 56.9 Å². The molecule has 0 spiro atoms. The molecule has 2 aliphatic rings. The van der Waals surface area contributed by atoms with Gasteiger partial charge in [0, 0.05) is 5.92 Å². The van der Waals surface area contributed by atoms with Gasteiger partial charge in [-0.15, -0.1) is 5.10 Å². The van der Waals surface area contributed by atoms with E-state index in [4.69, 9.17) is 0 Å². The molecule has 5 heteroatoms. The van der Waals surface area contributed by atoms with E-state index in [0.29, 0.717) is 12.0 Å². The molecule has 0 aromatic carbocycles. The molecule has 0 bridgehead atoms. The number of hydrogen-bond donors (Lipinski definition) is 1. The number of hydrogen-bond acceptors (Lipinski definition) is 4. The fourth-order valence-corrected chi connectivity index (χ4v) is 3.14. The molecule has 0 unspecified atom stereocenters. The van der Waals surface area contributed by atoms with Gasteiger partial charge in [0.05, 0.1) is 6.04 Å². The highest BCUT2D eigenvalue weighted by Gasteiger charge is 2.25. The van der Waals surface area contributed by atoms with E-state index >= 15 is 0 Å². The average Bonchev–Trinajstić information content (AvgIpc) is 2.90. The first kappa shape index (κ1) is 11.1. The van der Waals surface area contributed by atoms with Gasteiger partial charge in [-0.2, -0.15) is 0 Å². The van der Waals surface area contributed by atoms with E-state index in [9.17, 15) is 0 Å². The van der Waals surface area contributed by atoms with Crippen LogP contribution in [0.15, 0.2) is 0 Å². The lowest BCUT2D eigenvalue weighted by Gasteiger charge is -2.26. The van der Waals surface area contributed by atoms with Crippen molar-refractivity contribution >= 4 is 0 Å². The summed E-state index contributed by atoms with van der Waals surface area (Å²) in [5, 5.41) is 15.9. The molecule has 1 aliphatic heterocycles. The first-order valence-electron chi connectivity index (χ1n) is 6.93. The summed E-state index contributed by atoms with van der Waals surface area (Å²) < 4.78 is 2.13. The minimum Gasteiger partial charge on any atom is -0.317 e. The van der Waals surface area contributed by atoms with Crippen LogP contribution < -0.4 is 5.32 Å². The standard InChI is InChI=1S/C12H21N5/c1-2-4-11(5-3-1)17-12(14-15-16-17)10-6-8-13-9-7-10/h10-11,13H,1-9H2. The third kappa shape index (κ3) is 2.34. The van der Waals surface area contributed by atoms with Crippen molar-refractivity contribution in [2.75, 3.05) is 13.1 Å². The second kappa shape index (κ2) is 5.12. The molecule has 0 radical (unpaired) electrons. The summed E-state index contributed by atoms with van der Waals surface area (Å²) in [4.78, 5) is 0. The molecule has 5 nitrogen and oxygen atoms in total. The van der Waals surface area contributed by atoms with Crippen LogP contribution in [0.25, 0.3) is 0 Å². The Morgan fingerprint density at radius 1 is 1.00 bits per heavy atom. The van der Waals surface area contributed by atoms with Gasteiger partial charge in [-0.25, -0.2) is 4.68 Å². The molecule has 17 heavy (non-hydrogen) atoms. The molecule has 2 fully saturated rings. The monoisotopic (exact) mass is 235 g/mol. The van der Waals surface area contributed by atoms with Gasteiger partial charge in [-0.3, -0.25) is 0 Å². The van der Waals surface area contributed by atoms with E-state index in [1.165, 1.54) is 44.9 Å². The first-order valence-corrected chi connectivity index (χ1v) is 6.93. The molecule has 1 saturated carbocycles. The molecule has 0 amide bonds. The van der Waals surface area contributed by atoms with Crippen LogP contribution in [0.1, 0.15) is 62.7 Å². The second-order valence-corrected chi connectivity index (χ2v) is 5.30. The molecule has 94 valence electrons. The van der Waals surface area contributed by atoms with E-state index in [1.807, 2.05) is 0 Å². The molecule has 0 atom stereocenters. The zero-order valence-electron chi connectivity index (χ0n) is 10.3. The Bertz CT molecular complexity index is 317. The van der Waals surface area contributed by atoms with Gasteiger partial charge in [-0.05, 0) is 49.2 Å². The highest BCUT2D eigenvalue weighted by Crippen LogP contribution is 2.31. The Labute approximate surface area is 102 Å². The topological polar surface area (TPSA) is 55.6 Å². The molecule has 1 aliphatic carbocycles. The Kier molecular flexibility index (Phi) is 3.36. The lowest BCUT2D eigenvalue weighted by Crippen LogP contribution is -2.29. The van der Waals surface area contributed by atoms with Crippen LogP contribution >= 0.6 is 0 Å².